The number of carboxylic acid groups (broad SMARTS) is 1. The highest BCUT2D eigenvalue weighted by molar-refractivity contribution is 14.1. The number of benzene rings is 3. The third-order valence-corrected chi connectivity index (χ3v) is 6.14. The van der Waals surface area contributed by atoms with Crippen LogP contribution in [0.25, 0.3) is 11.1 Å². The summed E-state index contributed by atoms with van der Waals surface area (Å²) >= 11 is 2.34. The fourth-order valence-corrected chi connectivity index (χ4v) is 4.15. The first-order chi connectivity index (χ1) is 14.1. The summed E-state index contributed by atoms with van der Waals surface area (Å²) in [5, 5.41) is 9.06. The Hall–Kier alpha value is -2.38. The van der Waals surface area contributed by atoms with E-state index in [-0.39, 0.29) is 0 Å². The zero-order valence-electron chi connectivity index (χ0n) is 16.1. The quantitative estimate of drug-likeness (QED) is 0.505. The van der Waals surface area contributed by atoms with Gasteiger partial charge in [-0.3, -0.25) is 4.90 Å². The number of aromatic carboxylic acids is 1. The van der Waals surface area contributed by atoms with Crippen molar-refractivity contribution in [2.24, 2.45) is 0 Å². The predicted molar refractivity (Wildman–Crippen MR) is 125 cm³/mol. The van der Waals surface area contributed by atoms with Crippen LogP contribution in [-0.2, 0) is 6.54 Å². The summed E-state index contributed by atoms with van der Waals surface area (Å²) < 4.78 is 1.25. The fraction of sp³-hybridized carbons (Fsp3) is 0.208. The van der Waals surface area contributed by atoms with Crippen molar-refractivity contribution in [3.8, 4) is 11.1 Å². The van der Waals surface area contributed by atoms with Gasteiger partial charge in [-0.15, -0.1) is 0 Å². The normalized spacial score (nSPS) is 14.7. The van der Waals surface area contributed by atoms with Crippen molar-refractivity contribution in [3.63, 3.8) is 0 Å². The van der Waals surface area contributed by atoms with E-state index in [1.54, 1.807) is 12.1 Å². The van der Waals surface area contributed by atoms with E-state index in [0.717, 1.165) is 38.4 Å². The van der Waals surface area contributed by atoms with Crippen molar-refractivity contribution in [1.29, 1.82) is 0 Å². The lowest BCUT2D eigenvalue weighted by molar-refractivity contribution is 0.0697. The molecule has 3 aromatic carbocycles. The smallest absolute Gasteiger partial charge is 0.335 e. The number of halogens is 1. The molecule has 0 amide bonds. The van der Waals surface area contributed by atoms with Crippen LogP contribution in [0.3, 0.4) is 0 Å². The van der Waals surface area contributed by atoms with E-state index < -0.39 is 5.97 Å². The molecule has 4 nitrogen and oxygen atoms in total. The molecule has 29 heavy (non-hydrogen) atoms. The van der Waals surface area contributed by atoms with Crippen LogP contribution in [0.1, 0.15) is 15.9 Å². The van der Waals surface area contributed by atoms with E-state index in [9.17, 15) is 4.79 Å². The largest absolute Gasteiger partial charge is 0.478 e. The molecular formula is C24H23IN2O2. The van der Waals surface area contributed by atoms with Gasteiger partial charge in [0, 0.05) is 42.0 Å². The first kappa shape index (κ1) is 19.9. The minimum atomic E-state index is -0.881. The maximum atomic E-state index is 11.0. The Morgan fingerprint density at radius 2 is 1.52 bits per heavy atom. The highest BCUT2D eigenvalue weighted by atomic mass is 127. The standard InChI is InChI=1S/C24H23IN2O2/c25-21-9-5-18(6-10-21)23-4-2-1-3-20(23)17-26-13-15-27(16-14-26)22-11-7-19(8-12-22)24(28)29/h1-12H,13-17H2,(H,28,29). The van der Waals surface area contributed by atoms with Crippen LogP contribution in [-0.4, -0.2) is 42.2 Å². The molecule has 0 unspecified atom stereocenters. The molecular weight excluding hydrogens is 475 g/mol. The molecule has 148 valence electrons. The SMILES string of the molecule is O=C(O)c1ccc(N2CCN(Cc3ccccc3-c3ccc(I)cc3)CC2)cc1. The van der Waals surface area contributed by atoms with Crippen molar-refractivity contribution in [1.82, 2.24) is 4.90 Å². The second-order valence-electron chi connectivity index (χ2n) is 7.28. The van der Waals surface area contributed by atoms with Gasteiger partial charge in [-0.05, 0) is 75.7 Å². The molecule has 0 aromatic heterocycles. The molecule has 0 spiro atoms. The van der Waals surface area contributed by atoms with Gasteiger partial charge in [-0.2, -0.15) is 0 Å². The number of piperazine rings is 1. The molecule has 5 heteroatoms. The molecule has 1 saturated heterocycles. The van der Waals surface area contributed by atoms with Crippen molar-refractivity contribution in [3.05, 3.63) is 87.5 Å². The lowest BCUT2D eigenvalue weighted by Gasteiger charge is -2.36. The van der Waals surface area contributed by atoms with Crippen molar-refractivity contribution < 1.29 is 9.90 Å². The van der Waals surface area contributed by atoms with Crippen LogP contribution >= 0.6 is 22.6 Å². The fourth-order valence-electron chi connectivity index (χ4n) is 3.79. The summed E-state index contributed by atoms with van der Waals surface area (Å²) in [6.07, 6.45) is 0. The number of hydrogen-bond acceptors (Lipinski definition) is 3. The Morgan fingerprint density at radius 1 is 0.862 bits per heavy atom. The molecule has 0 bridgehead atoms. The van der Waals surface area contributed by atoms with Crippen LogP contribution < -0.4 is 4.90 Å². The average molecular weight is 498 g/mol. The van der Waals surface area contributed by atoms with E-state index in [1.165, 1.54) is 20.3 Å². The van der Waals surface area contributed by atoms with Gasteiger partial charge >= 0.3 is 5.97 Å². The lowest BCUT2D eigenvalue weighted by atomic mass is 9.99. The monoisotopic (exact) mass is 498 g/mol. The second-order valence-corrected chi connectivity index (χ2v) is 8.52. The molecule has 1 N–H and O–H groups in total. The Balaban J connectivity index is 1.41. The second kappa shape index (κ2) is 8.97. The van der Waals surface area contributed by atoms with E-state index in [4.69, 9.17) is 5.11 Å². The Kier molecular flexibility index (Phi) is 6.16. The van der Waals surface area contributed by atoms with Crippen LogP contribution in [0.4, 0.5) is 5.69 Å². The van der Waals surface area contributed by atoms with Gasteiger partial charge in [0.1, 0.15) is 0 Å². The van der Waals surface area contributed by atoms with Crippen molar-refractivity contribution in [2.45, 2.75) is 6.54 Å². The number of hydrogen-bond donors (Lipinski definition) is 1. The summed E-state index contributed by atoms with van der Waals surface area (Å²) in [5.41, 5.74) is 5.34. The zero-order valence-corrected chi connectivity index (χ0v) is 18.2. The summed E-state index contributed by atoms with van der Waals surface area (Å²) in [5.74, 6) is -0.881. The predicted octanol–water partition coefficient (Wildman–Crippen LogP) is 4.98. The topological polar surface area (TPSA) is 43.8 Å². The summed E-state index contributed by atoms with van der Waals surface area (Å²) in [4.78, 5) is 15.9. The molecule has 3 aromatic rings. The first-order valence-corrected chi connectivity index (χ1v) is 10.8. The molecule has 0 radical (unpaired) electrons. The van der Waals surface area contributed by atoms with Crippen LogP contribution in [0.5, 0.6) is 0 Å². The highest BCUT2D eigenvalue weighted by Gasteiger charge is 2.18. The maximum absolute atomic E-state index is 11.0. The van der Waals surface area contributed by atoms with Gasteiger partial charge in [-0.1, -0.05) is 36.4 Å². The average Bonchev–Trinajstić information content (AvgIpc) is 2.75. The van der Waals surface area contributed by atoms with Crippen LogP contribution in [0, 0.1) is 3.57 Å². The number of nitrogens with zero attached hydrogens (tertiary/aromatic N) is 2. The third kappa shape index (κ3) is 4.79. The minimum absolute atomic E-state index is 0.333. The van der Waals surface area contributed by atoms with Gasteiger partial charge in [0.15, 0.2) is 0 Å². The van der Waals surface area contributed by atoms with Crippen molar-refractivity contribution in [2.75, 3.05) is 31.1 Å². The Labute approximate surface area is 184 Å². The van der Waals surface area contributed by atoms with Gasteiger partial charge in [-0.25, -0.2) is 4.79 Å². The number of carboxylic acids is 1. The van der Waals surface area contributed by atoms with E-state index in [1.807, 2.05) is 12.1 Å². The molecule has 4 rings (SSSR count). The summed E-state index contributed by atoms with van der Waals surface area (Å²) in [6.45, 7) is 4.80. The Bertz CT molecular complexity index is 979. The van der Waals surface area contributed by atoms with E-state index in [2.05, 4.69) is 80.9 Å². The lowest BCUT2D eigenvalue weighted by Crippen LogP contribution is -2.46. The van der Waals surface area contributed by atoms with E-state index >= 15 is 0 Å². The van der Waals surface area contributed by atoms with Gasteiger partial charge < -0.3 is 10.0 Å². The van der Waals surface area contributed by atoms with Gasteiger partial charge in [0.25, 0.3) is 0 Å². The molecule has 1 aliphatic heterocycles. The first-order valence-electron chi connectivity index (χ1n) is 9.75. The summed E-state index contributed by atoms with van der Waals surface area (Å²) in [7, 11) is 0. The molecule has 0 atom stereocenters. The van der Waals surface area contributed by atoms with Crippen molar-refractivity contribution >= 4 is 34.2 Å². The molecule has 0 aliphatic carbocycles. The van der Waals surface area contributed by atoms with Crippen LogP contribution in [0.15, 0.2) is 72.8 Å². The zero-order chi connectivity index (χ0) is 20.2. The number of anilines is 1. The highest BCUT2D eigenvalue weighted by Crippen LogP contribution is 2.26. The molecule has 0 saturated carbocycles. The molecule has 1 fully saturated rings. The van der Waals surface area contributed by atoms with Crippen LogP contribution in [0.2, 0.25) is 0 Å². The number of rotatable bonds is 5. The maximum Gasteiger partial charge on any atom is 0.335 e. The third-order valence-electron chi connectivity index (χ3n) is 5.42. The minimum Gasteiger partial charge on any atom is -0.478 e. The molecule has 1 heterocycles. The molecule has 1 aliphatic rings. The van der Waals surface area contributed by atoms with E-state index in [0.29, 0.717) is 5.56 Å². The summed E-state index contributed by atoms with van der Waals surface area (Å²) in [6, 6.07) is 24.5. The van der Waals surface area contributed by atoms with Gasteiger partial charge in [0.05, 0.1) is 5.56 Å². The Morgan fingerprint density at radius 3 is 2.17 bits per heavy atom. The van der Waals surface area contributed by atoms with Gasteiger partial charge in [0.2, 0.25) is 0 Å². The number of carbonyl (C=O) groups is 1.